The van der Waals surface area contributed by atoms with Crippen molar-refractivity contribution in [3.63, 3.8) is 0 Å². The Kier molecular flexibility index (Phi) is 2.77. The average molecular weight is 394 g/mol. The molecule has 0 saturated heterocycles. The number of benzene rings is 4. The minimum Gasteiger partial charge on any atom is -0.299 e. The molecule has 6 aromatic rings. The lowest BCUT2D eigenvalue weighted by atomic mass is 9.93. The molecule has 8 rings (SSSR count). The highest BCUT2D eigenvalue weighted by Crippen LogP contribution is 2.47. The van der Waals surface area contributed by atoms with Gasteiger partial charge in [0.1, 0.15) is 5.65 Å². The monoisotopic (exact) mass is 394 g/mol. The van der Waals surface area contributed by atoms with Crippen molar-refractivity contribution < 1.29 is 0 Å². The Bertz CT molecular complexity index is 1740. The SMILES string of the molecule is c1ccc2c(c1)Cc1cc3c(cc1-2)c1c2c(ccc1c1nccn31)Cc1ccccc1-2. The zero-order valence-electron chi connectivity index (χ0n) is 16.9. The molecule has 0 radical (unpaired) electrons. The van der Waals surface area contributed by atoms with Gasteiger partial charge in [0.25, 0.3) is 0 Å². The molecular weight excluding hydrogens is 376 g/mol. The zero-order valence-corrected chi connectivity index (χ0v) is 16.9. The fourth-order valence-electron chi connectivity index (χ4n) is 5.96. The Morgan fingerprint density at radius 2 is 1.42 bits per heavy atom. The summed E-state index contributed by atoms with van der Waals surface area (Å²) in [4.78, 5) is 4.77. The molecule has 2 aromatic heterocycles. The van der Waals surface area contributed by atoms with Crippen LogP contribution in [0.4, 0.5) is 0 Å². The molecule has 0 bridgehead atoms. The maximum absolute atomic E-state index is 4.77. The number of pyridine rings is 1. The van der Waals surface area contributed by atoms with Crippen LogP contribution in [0.25, 0.3) is 49.6 Å². The third-order valence-corrected chi connectivity index (χ3v) is 7.28. The van der Waals surface area contributed by atoms with Crippen LogP contribution in [0.1, 0.15) is 22.3 Å². The summed E-state index contributed by atoms with van der Waals surface area (Å²) in [7, 11) is 0. The number of nitrogens with zero attached hydrogens (tertiary/aromatic N) is 2. The zero-order chi connectivity index (χ0) is 20.1. The standard InChI is InChI=1S/C29H18N2/c1-3-7-21-17(5-1)14-20-15-26-25(16-24(20)21)28-23(29-30-11-12-31(26)29)10-9-19-13-18-6-2-4-8-22(18)27(19)28/h1-12,15-16H,13-14H2. The van der Waals surface area contributed by atoms with Gasteiger partial charge in [0.05, 0.1) is 5.52 Å². The predicted molar refractivity (Wildman–Crippen MR) is 127 cm³/mol. The van der Waals surface area contributed by atoms with Gasteiger partial charge in [-0.15, -0.1) is 0 Å². The highest BCUT2D eigenvalue weighted by atomic mass is 15.0. The summed E-state index contributed by atoms with van der Waals surface area (Å²) in [6.07, 6.45) is 6.05. The summed E-state index contributed by atoms with van der Waals surface area (Å²) >= 11 is 0. The lowest BCUT2D eigenvalue weighted by Gasteiger charge is -2.15. The van der Waals surface area contributed by atoms with E-state index in [1.807, 2.05) is 6.20 Å². The molecule has 0 spiro atoms. The van der Waals surface area contributed by atoms with Crippen LogP contribution in [0.3, 0.4) is 0 Å². The van der Waals surface area contributed by atoms with Crippen molar-refractivity contribution in [2.75, 3.05) is 0 Å². The molecule has 144 valence electrons. The van der Waals surface area contributed by atoms with Crippen molar-refractivity contribution in [3.8, 4) is 22.3 Å². The lowest BCUT2D eigenvalue weighted by Crippen LogP contribution is -1.95. The van der Waals surface area contributed by atoms with E-state index >= 15 is 0 Å². The molecule has 0 aliphatic heterocycles. The van der Waals surface area contributed by atoms with E-state index < -0.39 is 0 Å². The Hall–Kier alpha value is -3.91. The third-order valence-electron chi connectivity index (χ3n) is 7.28. The number of imidazole rings is 1. The van der Waals surface area contributed by atoms with Crippen LogP contribution in [0.5, 0.6) is 0 Å². The normalized spacial score (nSPS) is 13.5. The van der Waals surface area contributed by atoms with Gasteiger partial charge in [-0.05, 0) is 69.5 Å². The van der Waals surface area contributed by atoms with Gasteiger partial charge in [0.15, 0.2) is 0 Å². The molecule has 2 aliphatic rings. The van der Waals surface area contributed by atoms with E-state index in [1.54, 1.807) is 0 Å². The minimum absolute atomic E-state index is 1.01. The van der Waals surface area contributed by atoms with E-state index in [-0.39, 0.29) is 0 Å². The van der Waals surface area contributed by atoms with Gasteiger partial charge in [0, 0.05) is 28.6 Å². The second-order valence-corrected chi connectivity index (χ2v) is 8.84. The van der Waals surface area contributed by atoms with Gasteiger partial charge in [-0.2, -0.15) is 0 Å². The fourth-order valence-corrected chi connectivity index (χ4v) is 5.96. The first-order valence-corrected chi connectivity index (χ1v) is 10.9. The van der Waals surface area contributed by atoms with E-state index in [1.165, 1.54) is 66.2 Å². The first kappa shape index (κ1) is 15.9. The van der Waals surface area contributed by atoms with Crippen molar-refractivity contribution in [3.05, 3.63) is 107 Å². The third kappa shape index (κ3) is 1.91. The van der Waals surface area contributed by atoms with E-state index in [2.05, 4.69) is 83.4 Å². The highest BCUT2D eigenvalue weighted by Gasteiger charge is 2.25. The van der Waals surface area contributed by atoms with E-state index in [0.29, 0.717) is 0 Å². The van der Waals surface area contributed by atoms with Crippen molar-refractivity contribution in [2.24, 2.45) is 0 Å². The van der Waals surface area contributed by atoms with Crippen LogP contribution in [0, 0.1) is 0 Å². The van der Waals surface area contributed by atoms with E-state index in [0.717, 1.165) is 18.5 Å². The fraction of sp³-hybridized carbons (Fsp3) is 0.0690. The minimum atomic E-state index is 1.01. The van der Waals surface area contributed by atoms with Crippen molar-refractivity contribution in [1.82, 2.24) is 9.38 Å². The first-order chi connectivity index (χ1) is 15.4. The molecule has 2 aliphatic carbocycles. The van der Waals surface area contributed by atoms with Crippen LogP contribution in [0.2, 0.25) is 0 Å². The van der Waals surface area contributed by atoms with Gasteiger partial charge in [0.2, 0.25) is 0 Å². The first-order valence-electron chi connectivity index (χ1n) is 10.9. The Morgan fingerprint density at radius 3 is 2.32 bits per heavy atom. The Balaban J connectivity index is 1.62. The van der Waals surface area contributed by atoms with Crippen LogP contribution in [-0.2, 0) is 12.8 Å². The molecule has 4 aromatic carbocycles. The molecule has 0 N–H and O–H groups in total. The number of rotatable bonds is 0. The molecule has 0 amide bonds. The average Bonchev–Trinajstić information content (AvgIpc) is 3.52. The van der Waals surface area contributed by atoms with Crippen LogP contribution >= 0.6 is 0 Å². The summed E-state index contributed by atoms with van der Waals surface area (Å²) in [6, 6.07) is 27.1. The van der Waals surface area contributed by atoms with Gasteiger partial charge >= 0.3 is 0 Å². The topological polar surface area (TPSA) is 17.3 Å². The molecule has 2 nitrogen and oxygen atoms in total. The van der Waals surface area contributed by atoms with Crippen LogP contribution in [-0.4, -0.2) is 9.38 Å². The van der Waals surface area contributed by atoms with Crippen LogP contribution < -0.4 is 0 Å². The number of hydrogen-bond donors (Lipinski definition) is 0. The van der Waals surface area contributed by atoms with Gasteiger partial charge in [-0.25, -0.2) is 4.98 Å². The Morgan fingerprint density at radius 1 is 0.645 bits per heavy atom. The molecule has 0 saturated carbocycles. The number of fused-ring (bicyclic) bond motifs is 13. The molecule has 0 atom stereocenters. The smallest absolute Gasteiger partial charge is 0.145 e. The molecule has 0 fully saturated rings. The van der Waals surface area contributed by atoms with Gasteiger partial charge in [-0.3, -0.25) is 4.40 Å². The summed E-state index contributed by atoms with van der Waals surface area (Å²) in [6.45, 7) is 0. The number of aromatic nitrogens is 2. The molecule has 2 heterocycles. The van der Waals surface area contributed by atoms with Crippen LogP contribution in [0.15, 0.2) is 85.2 Å². The molecular formula is C29H18N2. The largest absolute Gasteiger partial charge is 0.299 e. The predicted octanol–water partition coefficient (Wildman–Crippen LogP) is 6.78. The van der Waals surface area contributed by atoms with Crippen molar-refractivity contribution in [2.45, 2.75) is 12.8 Å². The van der Waals surface area contributed by atoms with Gasteiger partial charge < -0.3 is 0 Å². The van der Waals surface area contributed by atoms with Crippen molar-refractivity contribution >= 4 is 27.3 Å². The summed E-state index contributed by atoms with van der Waals surface area (Å²) in [5.74, 6) is 0. The molecule has 2 heteroatoms. The highest BCUT2D eigenvalue weighted by molar-refractivity contribution is 6.20. The number of hydrogen-bond acceptors (Lipinski definition) is 1. The summed E-state index contributed by atoms with van der Waals surface area (Å²) in [5.41, 5.74) is 13.5. The summed E-state index contributed by atoms with van der Waals surface area (Å²) < 4.78 is 2.27. The van der Waals surface area contributed by atoms with Gasteiger partial charge in [-0.1, -0.05) is 60.7 Å². The molecule has 31 heavy (non-hydrogen) atoms. The van der Waals surface area contributed by atoms with E-state index in [4.69, 9.17) is 4.98 Å². The molecule has 0 unspecified atom stereocenters. The Labute approximate surface area is 179 Å². The maximum Gasteiger partial charge on any atom is 0.145 e. The lowest BCUT2D eigenvalue weighted by molar-refractivity contribution is 1.23. The maximum atomic E-state index is 4.77. The quantitative estimate of drug-likeness (QED) is 0.259. The summed E-state index contributed by atoms with van der Waals surface area (Å²) in [5, 5.41) is 3.91. The van der Waals surface area contributed by atoms with E-state index in [9.17, 15) is 0 Å². The van der Waals surface area contributed by atoms with Crippen molar-refractivity contribution in [1.29, 1.82) is 0 Å². The second-order valence-electron chi connectivity index (χ2n) is 8.84. The second kappa shape index (κ2) is 5.41.